The first kappa shape index (κ1) is 12.1. The van der Waals surface area contributed by atoms with Crippen molar-refractivity contribution >= 4 is 23.0 Å². The molecule has 0 radical (unpaired) electrons. The van der Waals surface area contributed by atoms with Crippen molar-refractivity contribution in [1.29, 1.82) is 0 Å². The van der Waals surface area contributed by atoms with Gasteiger partial charge in [0.1, 0.15) is 10.7 Å². The summed E-state index contributed by atoms with van der Waals surface area (Å²) in [6.45, 7) is 2.69. The highest BCUT2D eigenvalue weighted by molar-refractivity contribution is 6.33. The van der Waals surface area contributed by atoms with Gasteiger partial charge < -0.3 is 9.64 Å². The molecule has 0 spiro atoms. The zero-order valence-electron chi connectivity index (χ0n) is 9.26. The molecule has 1 aromatic carbocycles. The van der Waals surface area contributed by atoms with Crippen molar-refractivity contribution in [2.24, 2.45) is 0 Å². The molecule has 1 aromatic rings. The number of anilines is 1. The van der Waals surface area contributed by atoms with E-state index in [0.717, 1.165) is 13.0 Å². The monoisotopic (exact) mass is 256 g/mol. The van der Waals surface area contributed by atoms with E-state index < -0.39 is 4.92 Å². The van der Waals surface area contributed by atoms with Gasteiger partial charge in [0.25, 0.3) is 0 Å². The van der Waals surface area contributed by atoms with Gasteiger partial charge >= 0.3 is 5.69 Å². The summed E-state index contributed by atoms with van der Waals surface area (Å²) in [7, 11) is 0. The number of para-hydroxylation sites is 1. The predicted octanol–water partition coefficient (Wildman–Crippen LogP) is 2.47. The summed E-state index contributed by atoms with van der Waals surface area (Å²) in [4.78, 5) is 12.6. The van der Waals surface area contributed by atoms with E-state index in [2.05, 4.69) is 0 Å². The lowest BCUT2D eigenvalue weighted by Crippen LogP contribution is -2.26. The van der Waals surface area contributed by atoms with Crippen LogP contribution in [-0.2, 0) is 4.74 Å². The van der Waals surface area contributed by atoms with Crippen LogP contribution in [0.25, 0.3) is 0 Å². The second kappa shape index (κ2) is 5.33. The van der Waals surface area contributed by atoms with Crippen LogP contribution >= 0.6 is 11.6 Å². The summed E-state index contributed by atoms with van der Waals surface area (Å²) in [5, 5.41) is 11.2. The number of rotatable bonds is 2. The lowest BCUT2D eigenvalue weighted by Gasteiger charge is -2.21. The van der Waals surface area contributed by atoms with Crippen LogP contribution in [0.3, 0.4) is 0 Å². The molecule has 0 N–H and O–H groups in total. The highest BCUT2D eigenvalue weighted by Gasteiger charge is 2.23. The molecule has 0 unspecified atom stereocenters. The van der Waals surface area contributed by atoms with Gasteiger partial charge in [-0.1, -0.05) is 17.7 Å². The Hall–Kier alpha value is -1.33. The standard InChI is InChI=1S/C11H13ClN2O3/c12-9-3-1-4-10(11(9)14(15)16)13-5-2-7-17-8-6-13/h1,3-4H,2,5-8H2. The summed E-state index contributed by atoms with van der Waals surface area (Å²) < 4.78 is 5.33. The normalized spacial score (nSPS) is 16.6. The Morgan fingerprint density at radius 2 is 2.18 bits per heavy atom. The average molecular weight is 257 g/mol. The van der Waals surface area contributed by atoms with Gasteiger partial charge in [-0.3, -0.25) is 10.1 Å². The molecule has 0 bridgehead atoms. The first-order chi connectivity index (χ1) is 8.20. The topological polar surface area (TPSA) is 55.6 Å². The molecular weight excluding hydrogens is 244 g/mol. The molecule has 1 heterocycles. The van der Waals surface area contributed by atoms with Crippen LogP contribution in [-0.4, -0.2) is 31.2 Å². The van der Waals surface area contributed by atoms with Crippen molar-refractivity contribution in [3.63, 3.8) is 0 Å². The van der Waals surface area contributed by atoms with E-state index in [1.54, 1.807) is 12.1 Å². The highest BCUT2D eigenvalue weighted by atomic mass is 35.5. The number of hydrogen-bond donors (Lipinski definition) is 0. The minimum atomic E-state index is -0.427. The minimum absolute atomic E-state index is 0.0175. The number of ether oxygens (including phenoxy) is 1. The van der Waals surface area contributed by atoms with Gasteiger partial charge in [0.05, 0.1) is 11.5 Å². The van der Waals surface area contributed by atoms with E-state index >= 15 is 0 Å². The Kier molecular flexibility index (Phi) is 3.81. The van der Waals surface area contributed by atoms with E-state index in [4.69, 9.17) is 16.3 Å². The zero-order valence-corrected chi connectivity index (χ0v) is 10.0. The Morgan fingerprint density at radius 1 is 1.35 bits per heavy atom. The van der Waals surface area contributed by atoms with Crippen LogP contribution in [0.4, 0.5) is 11.4 Å². The second-order valence-electron chi connectivity index (χ2n) is 3.82. The van der Waals surface area contributed by atoms with E-state index in [0.29, 0.717) is 25.4 Å². The smallest absolute Gasteiger partial charge is 0.310 e. The number of benzene rings is 1. The Balaban J connectivity index is 2.36. The van der Waals surface area contributed by atoms with Crippen LogP contribution in [0.1, 0.15) is 6.42 Å². The van der Waals surface area contributed by atoms with Crippen molar-refractivity contribution in [3.8, 4) is 0 Å². The number of nitrogens with zero attached hydrogens (tertiary/aromatic N) is 2. The fourth-order valence-electron chi connectivity index (χ4n) is 1.93. The van der Waals surface area contributed by atoms with Crippen LogP contribution in [0, 0.1) is 10.1 Å². The maximum atomic E-state index is 11.0. The highest BCUT2D eigenvalue weighted by Crippen LogP contribution is 2.35. The van der Waals surface area contributed by atoms with Crippen molar-refractivity contribution in [2.45, 2.75) is 6.42 Å². The van der Waals surface area contributed by atoms with Crippen molar-refractivity contribution in [3.05, 3.63) is 33.3 Å². The quantitative estimate of drug-likeness (QED) is 0.603. The Bertz CT molecular complexity index is 417. The van der Waals surface area contributed by atoms with Gasteiger partial charge in [0.2, 0.25) is 0 Å². The van der Waals surface area contributed by atoms with Gasteiger partial charge in [-0.25, -0.2) is 0 Å². The van der Waals surface area contributed by atoms with Gasteiger partial charge in [0, 0.05) is 19.7 Å². The van der Waals surface area contributed by atoms with E-state index in [1.807, 2.05) is 4.90 Å². The molecule has 0 aromatic heterocycles. The molecule has 1 saturated heterocycles. The average Bonchev–Trinajstić information content (AvgIpc) is 2.56. The summed E-state index contributed by atoms with van der Waals surface area (Å²) in [5.41, 5.74) is 0.559. The third-order valence-corrected chi connectivity index (χ3v) is 3.02. The first-order valence-corrected chi connectivity index (χ1v) is 5.83. The van der Waals surface area contributed by atoms with Crippen molar-refractivity contribution in [1.82, 2.24) is 0 Å². The summed E-state index contributed by atoms with van der Waals surface area (Å²) >= 11 is 5.88. The summed E-state index contributed by atoms with van der Waals surface area (Å²) in [6, 6.07) is 5.00. The molecule has 0 atom stereocenters. The maximum Gasteiger partial charge on any atom is 0.310 e. The molecule has 2 rings (SSSR count). The summed E-state index contributed by atoms with van der Waals surface area (Å²) in [6.07, 6.45) is 0.865. The number of nitro benzene ring substituents is 1. The van der Waals surface area contributed by atoms with Gasteiger partial charge in [0.15, 0.2) is 0 Å². The van der Waals surface area contributed by atoms with Crippen molar-refractivity contribution in [2.75, 3.05) is 31.2 Å². The Morgan fingerprint density at radius 3 is 2.94 bits per heavy atom. The predicted molar refractivity (Wildman–Crippen MR) is 65.8 cm³/mol. The number of hydrogen-bond acceptors (Lipinski definition) is 4. The van der Waals surface area contributed by atoms with Crippen LogP contribution in [0.5, 0.6) is 0 Å². The lowest BCUT2D eigenvalue weighted by molar-refractivity contribution is -0.384. The molecule has 0 amide bonds. The molecule has 5 nitrogen and oxygen atoms in total. The molecule has 92 valence electrons. The molecule has 1 aliphatic rings. The Labute approximate surface area is 104 Å². The fraction of sp³-hybridized carbons (Fsp3) is 0.455. The lowest BCUT2D eigenvalue weighted by atomic mass is 10.2. The molecule has 17 heavy (non-hydrogen) atoms. The SMILES string of the molecule is O=[N+]([O-])c1c(Cl)cccc1N1CCCOCC1. The number of nitro groups is 1. The largest absolute Gasteiger partial charge is 0.380 e. The van der Waals surface area contributed by atoms with Crippen LogP contribution < -0.4 is 4.90 Å². The molecule has 1 fully saturated rings. The van der Waals surface area contributed by atoms with E-state index in [1.165, 1.54) is 6.07 Å². The van der Waals surface area contributed by atoms with Gasteiger partial charge in [-0.15, -0.1) is 0 Å². The third-order valence-electron chi connectivity index (χ3n) is 2.71. The maximum absolute atomic E-state index is 11.0. The summed E-state index contributed by atoms with van der Waals surface area (Å²) in [5.74, 6) is 0. The van der Waals surface area contributed by atoms with Crippen LogP contribution in [0.15, 0.2) is 18.2 Å². The minimum Gasteiger partial charge on any atom is -0.380 e. The van der Waals surface area contributed by atoms with Gasteiger partial charge in [-0.05, 0) is 18.6 Å². The molecular formula is C11H13ClN2O3. The first-order valence-electron chi connectivity index (χ1n) is 5.46. The van der Waals surface area contributed by atoms with Gasteiger partial charge in [-0.2, -0.15) is 0 Å². The zero-order chi connectivity index (χ0) is 12.3. The molecule has 0 aliphatic carbocycles. The second-order valence-corrected chi connectivity index (χ2v) is 4.22. The molecule has 6 heteroatoms. The molecule has 1 aliphatic heterocycles. The fourth-order valence-corrected chi connectivity index (χ4v) is 2.17. The number of halogens is 1. The molecule has 0 saturated carbocycles. The third kappa shape index (κ3) is 2.68. The van der Waals surface area contributed by atoms with E-state index in [9.17, 15) is 10.1 Å². The van der Waals surface area contributed by atoms with E-state index in [-0.39, 0.29) is 10.7 Å². The van der Waals surface area contributed by atoms with Crippen molar-refractivity contribution < 1.29 is 9.66 Å². The van der Waals surface area contributed by atoms with Crippen LogP contribution in [0.2, 0.25) is 5.02 Å².